The average Bonchev–Trinajstić information content (AvgIpc) is 2.82. The predicted molar refractivity (Wildman–Crippen MR) is 88.3 cm³/mol. The van der Waals surface area contributed by atoms with Crippen molar-refractivity contribution in [1.82, 2.24) is 14.9 Å². The Bertz CT molecular complexity index is 1110. The van der Waals surface area contributed by atoms with Crippen LogP contribution in [0.5, 0.6) is 0 Å². The summed E-state index contributed by atoms with van der Waals surface area (Å²) in [5.74, 6) is -1.26. The fourth-order valence-corrected chi connectivity index (χ4v) is 2.99. The van der Waals surface area contributed by atoms with Crippen molar-refractivity contribution in [3.05, 3.63) is 63.6 Å². The number of hydrogen-bond donors (Lipinski definition) is 2. The van der Waals surface area contributed by atoms with Crippen molar-refractivity contribution in [2.24, 2.45) is 0 Å². The second-order valence-electron chi connectivity index (χ2n) is 5.61. The van der Waals surface area contributed by atoms with Gasteiger partial charge in [0.2, 0.25) is 0 Å². The number of nitrogens with two attached hydrogens (primary N) is 1. The van der Waals surface area contributed by atoms with Crippen LogP contribution in [0.4, 0.5) is 5.82 Å². The number of nitrogen functional groups attached to an aromatic ring is 1. The third kappa shape index (κ3) is 1.84. The van der Waals surface area contributed by atoms with E-state index in [0.717, 1.165) is 17.0 Å². The van der Waals surface area contributed by atoms with Gasteiger partial charge in [-0.25, -0.2) is 0 Å². The largest absolute Gasteiger partial charge is 0.384 e. The van der Waals surface area contributed by atoms with Crippen LogP contribution in [0, 0.1) is 6.92 Å². The zero-order chi connectivity index (χ0) is 17.0. The van der Waals surface area contributed by atoms with E-state index in [9.17, 15) is 14.4 Å². The first kappa shape index (κ1) is 14.1. The summed E-state index contributed by atoms with van der Waals surface area (Å²) in [4.78, 5) is 40.5. The van der Waals surface area contributed by atoms with Crippen LogP contribution in [0.25, 0.3) is 16.6 Å². The van der Waals surface area contributed by atoms with Crippen LogP contribution >= 0.6 is 0 Å². The Morgan fingerprint density at radius 1 is 1.12 bits per heavy atom. The molecule has 1 aliphatic rings. The number of fused-ring (bicyclic) bond motifs is 2. The van der Waals surface area contributed by atoms with E-state index in [0.29, 0.717) is 11.2 Å². The van der Waals surface area contributed by atoms with Gasteiger partial charge in [0, 0.05) is 17.6 Å². The van der Waals surface area contributed by atoms with Gasteiger partial charge in [-0.15, -0.1) is 0 Å². The van der Waals surface area contributed by atoms with Gasteiger partial charge >= 0.3 is 0 Å². The van der Waals surface area contributed by atoms with E-state index in [1.165, 1.54) is 4.57 Å². The van der Waals surface area contributed by atoms with Crippen LogP contribution in [0.1, 0.15) is 26.3 Å². The van der Waals surface area contributed by atoms with Crippen molar-refractivity contribution in [1.29, 1.82) is 0 Å². The number of aromatic nitrogens is 2. The van der Waals surface area contributed by atoms with Gasteiger partial charge in [-0.3, -0.25) is 29.3 Å². The zero-order valence-corrected chi connectivity index (χ0v) is 12.7. The van der Waals surface area contributed by atoms with Crippen LogP contribution in [0.2, 0.25) is 0 Å². The number of amides is 2. The molecule has 3 N–H and O–H groups in total. The molecule has 0 saturated heterocycles. The van der Waals surface area contributed by atoms with Crippen LogP contribution in [-0.2, 0) is 0 Å². The Balaban J connectivity index is 2.07. The van der Waals surface area contributed by atoms with Crippen molar-refractivity contribution in [2.45, 2.75) is 6.92 Å². The summed E-state index contributed by atoms with van der Waals surface area (Å²) >= 11 is 0. The lowest BCUT2D eigenvalue weighted by Crippen LogP contribution is -2.24. The first-order valence-electron chi connectivity index (χ1n) is 7.24. The van der Waals surface area contributed by atoms with Crippen molar-refractivity contribution in [3.63, 3.8) is 0 Å². The van der Waals surface area contributed by atoms with Gasteiger partial charge < -0.3 is 5.73 Å². The minimum absolute atomic E-state index is 0.00955. The molecule has 0 saturated carbocycles. The molecule has 3 aromatic rings. The standard InChI is InChI=1S/C17H12N4O3/c1-8-5-9-3-2-4-19-11(9)7-12(8)21-13(22)6-10-14(15(21)18)17(24)20-16(10)23/h2-7H,18H2,1H3,(H,20,23,24). The quantitative estimate of drug-likeness (QED) is 0.654. The minimum atomic E-state index is -0.608. The number of imide groups is 1. The van der Waals surface area contributed by atoms with Gasteiger partial charge in [0.05, 0.1) is 22.3 Å². The molecule has 0 atom stereocenters. The summed E-state index contributed by atoms with van der Waals surface area (Å²) in [6.45, 7) is 1.84. The van der Waals surface area contributed by atoms with Gasteiger partial charge in [-0.2, -0.15) is 0 Å². The maximum absolute atomic E-state index is 12.5. The summed E-state index contributed by atoms with van der Waals surface area (Å²) < 4.78 is 1.24. The van der Waals surface area contributed by atoms with E-state index >= 15 is 0 Å². The number of anilines is 1. The van der Waals surface area contributed by atoms with Crippen LogP contribution in [0.15, 0.2) is 41.3 Å². The maximum atomic E-state index is 12.5. The molecule has 24 heavy (non-hydrogen) atoms. The lowest BCUT2D eigenvalue weighted by molar-refractivity contribution is 0.0880. The molecular weight excluding hydrogens is 308 g/mol. The Kier molecular flexibility index (Phi) is 2.80. The number of rotatable bonds is 1. The van der Waals surface area contributed by atoms with Crippen molar-refractivity contribution in [3.8, 4) is 5.69 Å². The second kappa shape index (κ2) is 4.76. The molecule has 0 fully saturated rings. The Morgan fingerprint density at radius 3 is 2.71 bits per heavy atom. The number of hydrogen-bond acceptors (Lipinski definition) is 5. The highest BCUT2D eigenvalue weighted by Gasteiger charge is 2.32. The number of benzene rings is 1. The number of aryl methyl sites for hydroxylation is 1. The normalized spacial score (nSPS) is 13.2. The fraction of sp³-hybridized carbons (Fsp3) is 0.0588. The zero-order valence-electron chi connectivity index (χ0n) is 12.7. The monoisotopic (exact) mass is 320 g/mol. The highest BCUT2D eigenvalue weighted by molar-refractivity contribution is 6.23. The van der Waals surface area contributed by atoms with Crippen molar-refractivity contribution in [2.75, 3.05) is 5.73 Å². The number of pyridine rings is 2. The molecule has 2 aromatic heterocycles. The predicted octanol–water partition coefficient (Wildman–Crippen LogP) is 1.16. The molecule has 0 unspecified atom stereocenters. The summed E-state index contributed by atoms with van der Waals surface area (Å²) in [5, 5.41) is 3.08. The third-order valence-electron chi connectivity index (χ3n) is 4.11. The smallest absolute Gasteiger partial charge is 0.262 e. The first-order chi connectivity index (χ1) is 11.5. The molecule has 0 radical (unpaired) electrons. The van der Waals surface area contributed by atoms with Gasteiger partial charge in [0.1, 0.15) is 5.82 Å². The molecule has 7 heteroatoms. The van der Waals surface area contributed by atoms with Crippen molar-refractivity contribution >= 4 is 28.5 Å². The van der Waals surface area contributed by atoms with E-state index in [4.69, 9.17) is 5.73 Å². The molecule has 0 aliphatic carbocycles. The number of nitrogens with one attached hydrogen (secondary N) is 1. The topological polar surface area (TPSA) is 107 Å². The summed E-state index contributed by atoms with van der Waals surface area (Å²) in [6.07, 6.45) is 1.66. The highest BCUT2D eigenvalue weighted by atomic mass is 16.2. The summed E-state index contributed by atoms with van der Waals surface area (Å²) in [5.41, 5.74) is 7.65. The molecular formula is C17H12N4O3. The van der Waals surface area contributed by atoms with E-state index in [1.54, 1.807) is 12.3 Å². The lowest BCUT2D eigenvalue weighted by Gasteiger charge is -2.15. The van der Waals surface area contributed by atoms with Crippen LogP contribution in [0.3, 0.4) is 0 Å². The highest BCUT2D eigenvalue weighted by Crippen LogP contribution is 2.26. The van der Waals surface area contributed by atoms with Gasteiger partial charge in [0.25, 0.3) is 17.4 Å². The summed E-state index contributed by atoms with van der Waals surface area (Å²) in [6, 6.07) is 8.51. The minimum Gasteiger partial charge on any atom is -0.384 e. The lowest BCUT2D eigenvalue weighted by atomic mass is 10.1. The van der Waals surface area contributed by atoms with E-state index in [-0.39, 0.29) is 16.9 Å². The number of carbonyl (C=O) groups excluding carboxylic acids is 2. The molecule has 7 nitrogen and oxygen atoms in total. The second-order valence-corrected chi connectivity index (χ2v) is 5.61. The number of carbonyl (C=O) groups is 2. The SMILES string of the molecule is Cc1cc2cccnc2cc1-n1c(N)c2c(cc1=O)C(=O)NC2=O. The van der Waals surface area contributed by atoms with Gasteiger partial charge in [-0.05, 0) is 30.7 Å². The molecule has 2 amide bonds. The molecule has 1 aromatic carbocycles. The van der Waals surface area contributed by atoms with E-state index in [1.807, 2.05) is 25.1 Å². The Hall–Kier alpha value is -3.48. The molecule has 3 heterocycles. The Labute approximate surface area is 135 Å². The molecule has 0 bridgehead atoms. The van der Waals surface area contributed by atoms with Crippen molar-refractivity contribution < 1.29 is 9.59 Å². The van der Waals surface area contributed by atoms with Crippen LogP contribution < -0.4 is 16.6 Å². The molecule has 0 spiro atoms. The average molecular weight is 320 g/mol. The van der Waals surface area contributed by atoms with E-state index in [2.05, 4.69) is 10.3 Å². The van der Waals surface area contributed by atoms with Gasteiger partial charge in [-0.1, -0.05) is 6.07 Å². The Morgan fingerprint density at radius 2 is 1.92 bits per heavy atom. The third-order valence-corrected chi connectivity index (χ3v) is 4.11. The molecule has 118 valence electrons. The molecule has 1 aliphatic heterocycles. The van der Waals surface area contributed by atoms with E-state index < -0.39 is 17.4 Å². The maximum Gasteiger partial charge on any atom is 0.262 e. The molecule has 4 rings (SSSR count). The van der Waals surface area contributed by atoms with Gasteiger partial charge in [0.15, 0.2) is 0 Å². The van der Waals surface area contributed by atoms with Crippen LogP contribution in [-0.4, -0.2) is 21.4 Å². The first-order valence-corrected chi connectivity index (χ1v) is 7.24. The summed E-state index contributed by atoms with van der Waals surface area (Å²) in [7, 11) is 0. The number of nitrogens with zero attached hydrogens (tertiary/aromatic N) is 2. The fourth-order valence-electron chi connectivity index (χ4n) is 2.99.